The zero-order valence-electron chi connectivity index (χ0n) is 22.1. The van der Waals surface area contributed by atoms with E-state index in [-0.39, 0.29) is 0 Å². The van der Waals surface area contributed by atoms with Crippen LogP contribution in [0.15, 0.2) is 170 Å². The molecule has 0 aliphatic heterocycles. The van der Waals surface area contributed by atoms with E-state index in [4.69, 9.17) is 0 Å². The van der Waals surface area contributed by atoms with Crippen molar-refractivity contribution in [3.8, 4) is 0 Å². The summed E-state index contributed by atoms with van der Waals surface area (Å²) in [6.07, 6.45) is 0. The Morgan fingerprint density at radius 1 is 0.275 bits per heavy atom. The summed E-state index contributed by atoms with van der Waals surface area (Å²) in [5.41, 5.74) is 6.67. The lowest BCUT2D eigenvalue weighted by molar-refractivity contribution is 1.24. The Bertz CT molecular complexity index is 1800. The van der Waals surface area contributed by atoms with Crippen LogP contribution in [0.3, 0.4) is 0 Å². The molecule has 0 bridgehead atoms. The highest BCUT2D eigenvalue weighted by Crippen LogP contribution is 2.49. The molecular weight excluding hydrogens is 484 g/mol. The van der Waals surface area contributed by atoms with Crippen molar-refractivity contribution < 1.29 is 0 Å². The molecular formula is C38H28N2. The van der Waals surface area contributed by atoms with Gasteiger partial charge in [0.25, 0.3) is 0 Å². The molecule has 2 nitrogen and oxygen atoms in total. The van der Waals surface area contributed by atoms with Gasteiger partial charge in [0.1, 0.15) is 0 Å². The summed E-state index contributed by atoms with van der Waals surface area (Å²) in [5.74, 6) is 0. The first-order valence-corrected chi connectivity index (χ1v) is 13.6. The molecule has 0 aliphatic rings. The number of rotatable bonds is 6. The van der Waals surface area contributed by atoms with Gasteiger partial charge in [0, 0.05) is 28.1 Å². The first-order valence-electron chi connectivity index (χ1n) is 13.6. The van der Waals surface area contributed by atoms with E-state index in [9.17, 15) is 0 Å². The summed E-state index contributed by atoms with van der Waals surface area (Å²) in [7, 11) is 0. The largest absolute Gasteiger partial charge is 0.308 e. The van der Waals surface area contributed by atoms with Gasteiger partial charge in [-0.15, -0.1) is 0 Å². The van der Waals surface area contributed by atoms with E-state index in [0.717, 1.165) is 34.1 Å². The van der Waals surface area contributed by atoms with E-state index in [1.54, 1.807) is 0 Å². The van der Waals surface area contributed by atoms with Crippen LogP contribution in [0.25, 0.3) is 21.5 Å². The highest BCUT2D eigenvalue weighted by atomic mass is 15.2. The molecule has 0 saturated carbocycles. The van der Waals surface area contributed by atoms with Gasteiger partial charge >= 0.3 is 0 Å². The average molecular weight is 513 g/mol. The Morgan fingerprint density at radius 2 is 0.700 bits per heavy atom. The predicted octanol–water partition coefficient (Wildman–Crippen LogP) is 10.9. The fourth-order valence-corrected chi connectivity index (χ4v) is 5.62. The normalized spacial score (nSPS) is 11.0. The number of benzene rings is 7. The van der Waals surface area contributed by atoms with Gasteiger partial charge in [-0.25, -0.2) is 0 Å². The van der Waals surface area contributed by atoms with Gasteiger partial charge in [-0.2, -0.15) is 0 Å². The molecule has 0 fully saturated rings. The smallest absolute Gasteiger partial charge is 0.0781 e. The summed E-state index contributed by atoms with van der Waals surface area (Å²) in [5, 5.41) is 4.91. The lowest BCUT2D eigenvalue weighted by Crippen LogP contribution is -2.17. The van der Waals surface area contributed by atoms with Crippen molar-refractivity contribution in [2.75, 3.05) is 9.80 Å². The Balaban J connectivity index is 1.62. The summed E-state index contributed by atoms with van der Waals surface area (Å²) in [6.45, 7) is 0. The fourth-order valence-electron chi connectivity index (χ4n) is 5.62. The lowest BCUT2D eigenvalue weighted by atomic mass is 9.98. The Kier molecular flexibility index (Phi) is 6.20. The first kappa shape index (κ1) is 23.8. The number of hydrogen-bond acceptors (Lipinski definition) is 2. The van der Waals surface area contributed by atoms with Gasteiger partial charge in [0.2, 0.25) is 0 Å². The van der Waals surface area contributed by atoms with E-state index >= 15 is 0 Å². The van der Waals surface area contributed by atoms with E-state index < -0.39 is 0 Å². The summed E-state index contributed by atoms with van der Waals surface area (Å²) in [6, 6.07) is 60.3. The first-order chi connectivity index (χ1) is 19.9. The topological polar surface area (TPSA) is 6.48 Å². The van der Waals surface area contributed by atoms with Gasteiger partial charge in [-0.3, -0.25) is 0 Å². The third-order valence-corrected chi connectivity index (χ3v) is 7.40. The molecule has 0 unspecified atom stereocenters. The van der Waals surface area contributed by atoms with Crippen LogP contribution in [0.4, 0.5) is 34.1 Å². The molecule has 0 aliphatic carbocycles. The van der Waals surface area contributed by atoms with Gasteiger partial charge in [0.15, 0.2) is 0 Å². The number of anilines is 6. The van der Waals surface area contributed by atoms with Gasteiger partial charge in [-0.1, -0.05) is 115 Å². The van der Waals surface area contributed by atoms with Crippen LogP contribution in [-0.4, -0.2) is 0 Å². The molecule has 0 atom stereocenters. The molecule has 2 heteroatoms. The summed E-state index contributed by atoms with van der Waals surface area (Å²) < 4.78 is 0. The van der Waals surface area contributed by atoms with Crippen molar-refractivity contribution in [3.63, 3.8) is 0 Å². The van der Waals surface area contributed by atoms with E-state index in [0.29, 0.717) is 0 Å². The minimum atomic E-state index is 1.10. The standard InChI is InChI=1S/C38H28N2/c1-5-16-30(17-6-1)39(31-18-7-2-8-19-31)37-28-27-35-34-24-14-13-15-29(34)25-26-36(35)38(37)40(32-20-9-3-10-21-32)33-22-11-4-12-23-33/h1-28H. The van der Waals surface area contributed by atoms with Crippen LogP contribution in [-0.2, 0) is 0 Å². The molecule has 0 radical (unpaired) electrons. The Labute approximate surface area is 235 Å². The van der Waals surface area contributed by atoms with Crippen molar-refractivity contribution >= 4 is 55.7 Å². The SMILES string of the molecule is c1ccc(N(c2ccccc2)c2ccc3c(ccc4ccccc43)c2N(c2ccccc2)c2ccccc2)cc1. The molecule has 0 N–H and O–H groups in total. The molecule has 7 rings (SSSR count). The van der Waals surface area contributed by atoms with Gasteiger partial charge in [-0.05, 0) is 70.8 Å². The predicted molar refractivity (Wildman–Crippen MR) is 171 cm³/mol. The maximum absolute atomic E-state index is 2.39. The summed E-state index contributed by atoms with van der Waals surface area (Å²) >= 11 is 0. The number of hydrogen-bond donors (Lipinski definition) is 0. The lowest BCUT2D eigenvalue weighted by Gasteiger charge is -2.34. The van der Waals surface area contributed by atoms with Crippen molar-refractivity contribution in [2.24, 2.45) is 0 Å². The van der Waals surface area contributed by atoms with Crippen LogP contribution >= 0.6 is 0 Å². The van der Waals surface area contributed by atoms with Crippen LogP contribution in [0.1, 0.15) is 0 Å². The molecule has 0 saturated heterocycles. The zero-order chi connectivity index (χ0) is 26.7. The average Bonchev–Trinajstić information content (AvgIpc) is 3.04. The summed E-state index contributed by atoms with van der Waals surface area (Å²) in [4.78, 5) is 4.76. The number of nitrogens with zero attached hydrogens (tertiary/aromatic N) is 2. The molecule has 0 spiro atoms. The van der Waals surface area contributed by atoms with Gasteiger partial charge in [0.05, 0.1) is 11.4 Å². The van der Waals surface area contributed by atoms with Crippen LogP contribution in [0, 0.1) is 0 Å². The third kappa shape index (κ3) is 4.26. The maximum atomic E-state index is 2.39. The highest BCUT2D eigenvalue weighted by Gasteiger charge is 2.24. The number of fused-ring (bicyclic) bond motifs is 3. The van der Waals surface area contributed by atoms with E-state index in [2.05, 4.69) is 180 Å². The minimum absolute atomic E-state index is 1.10. The second kappa shape index (κ2) is 10.4. The second-order valence-electron chi connectivity index (χ2n) is 9.83. The second-order valence-corrected chi connectivity index (χ2v) is 9.83. The minimum Gasteiger partial charge on any atom is -0.308 e. The van der Waals surface area contributed by atoms with Crippen molar-refractivity contribution in [1.29, 1.82) is 0 Å². The van der Waals surface area contributed by atoms with Crippen LogP contribution in [0.2, 0.25) is 0 Å². The fraction of sp³-hybridized carbons (Fsp3) is 0. The van der Waals surface area contributed by atoms with Crippen LogP contribution < -0.4 is 9.80 Å². The van der Waals surface area contributed by atoms with Crippen molar-refractivity contribution in [3.05, 3.63) is 170 Å². The van der Waals surface area contributed by atoms with Crippen molar-refractivity contribution in [2.45, 2.75) is 0 Å². The molecule has 0 heterocycles. The quantitative estimate of drug-likeness (QED) is 0.204. The highest BCUT2D eigenvalue weighted by molar-refractivity contribution is 6.16. The van der Waals surface area contributed by atoms with E-state index in [1.807, 2.05) is 0 Å². The van der Waals surface area contributed by atoms with Gasteiger partial charge < -0.3 is 9.80 Å². The van der Waals surface area contributed by atoms with Crippen molar-refractivity contribution in [1.82, 2.24) is 0 Å². The molecule has 190 valence electrons. The maximum Gasteiger partial charge on any atom is 0.0781 e. The Morgan fingerprint density at radius 3 is 1.23 bits per heavy atom. The monoisotopic (exact) mass is 512 g/mol. The molecule has 7 aromatic carbocycles. The molecule has 0 aromatic heterocycles. The van der Waals surface area contributed by atoms with E-state index in [1.165, 1.54) is 21.5 Å². The third-order valence-electron chi connectivity index (χ3n) is 7.40. The molecule has 0 amide bonds. The molecule has 7 aromatic rings. The zero-order valence-corrected chi connectivity index (χ0v) is 22.1. The number of para-hydroxylation sites is 4. The van der Waals surface area contributed by atoms with Crippen LogP contribution in [0.5, 0.6) is 0 Å². The molecule has 40 heavy (non-hydrogen) atoms. The Hall–Kier alpha value is -5.34.